The predicted molar refractivity (Wildman–Crippen MR) is 139 cm³/mol. The van der Waals surface area contributed by atoms with Crippen molar-refractivity contribution in [1.29, 1.82) is 0 Å². The number of fused-ring (bicyclic) bond motifs is 1. The summed E-state index contributed by atoms with van der Waals surface area (Å²) in [7, 11) is 3.29. The molecule has 0 bridgehead atoms. The van der Waals surface area contributed by atoms with Crippen molar-refractivity contribution in [3.05, 3.63) is 75.8 Å². The van der Waals surface area contributed by atoms with E-state index in [1.54, 1.807) is 14.2 Å². The molecule has 1 N–H and O–H groups in total. The summed E-state index contributed by atoms with van der Waals surface area (Å²) in [5.74, 6) is 2.32. The molecule has 4 aromatic rings. The monoisotopic (exact) mass is 490 g/mol. The van der Waals surface area contributed by atoms with Crippen LogP contribution in [0.1, 0.15) is 57.1 Å². The molecule has 2 aromatic heterocycles. The van der Waals surface area contributed by atoms with Gasteiger partial charge in [-0.25, -0.2) is 4.68 Å². The first kappa shape index (κ1) is 25.4. The molecule has 0 aliphatic rings. The number of H-pyrrole nitrogens is 1. The molecule has 0 radical (unpaired) electrons. The molecule has 0 amide bonds. The molecule has 2 heterocycles. The van der Waals surface area contributed by atoms with Crippen LogP contribution in [0.5, 0.6) is 11.5 Å². The van der Waals surface area contributed by atoms with Gasteiger partial charge in [-0.15, -0.1) is 5.10 Å². The van der Waals surface area contributed by atoms with E-state index in [1.807, 2.05) is 53.2 Å². The largest absolute Gasteiger partial charge is 0.497 e. The highest BCUT2D eigenvalue weighted by atomic mass is 16.5. The number of nitrogens with one attached hydrogen (secondary N) is 1. The van der Waals surface area contributed by atoms with Gasteiger partial charge in [0.15, 0.2) is 5.82 Å². The van der Waals surface area contributed by atoms with Gasteiger partial charge in [0.2, 0.25) is 0 Å². The van der Waals surface area contributed by atoms with Crippen molar-refractivity contribution in [1.82, 2.24) is 30.1 Å². The van der Waals surface area contributed by atoms with Gasteiger partial charge in [-0.1, -0.05) is 19.1 Å². The molecule has 1 atom stereocenters. The number of methoxy groups -OCH3 is 2. The zero-order valence-corrected chi connectivity index (χ0v) is 21.8. The molecule has 36 heavy (non-hydrogen) atoms. The van der Waals surface area contributed by atoms with Gasteiger partial charge in [-0.2, -0.15) is 0 Å². The maximum absolute atomic E-state index is 13.1. The van der Waals surface area contributed by atoms with Gasteiger partial charge in [0.1, 0.15) is 11.5 Å². The zero-order valence-electron chi connectivity index (χ0n) is 21.8. The summed E-state index contributed by atoms with van der Waals surface area (Å²) in [6.07, 6.45) is 0.770. The molecular formula is C27H34N6O3. The summed E-state index contributed by atoms with van der Waals surface area (Å²) in [6, 6.07) is 15.4. The smallest absolute Gasteiger partial charge is 0.252 e. The van der Waals surface area contributed by atoms with E-state index in [0.717, 1.165) is 40.2 Å². The van der Waals surface area contributed by atoms with Crippen LogP contribution in [-0.4, -0.2) is 44.3 Å². The number of benzene rings is 2. The summed E-state index contributed by atoms with van der Waals surface area (Å²) >= 11 is 0. The predicted octanol–water partition coefficient (Wildman–Crippen LogP) is 4.44. The number of hydrogen-bond acceptors (Lipinski definition) is 7. The van der Waals surface area contributed by atoms with E-state index in [2.05, 4.69) is 53.1 Å². The molecule has 9 nitrogen and oxygen atoms in total. The first-order valence-corrected chi connectivity index (χ1v) is 12.1. The quantitative estimate of drug-likeness (QED) is 0.370. The molecule has 0 aliphatic heterocycles. The second kappa shape index (κ2) is 10.5. The van der Waals surface area contributed by atoms with E-state index in [-0.39, 0.29) is 17.1 Å². The maximum Gasteiger partial charge on any atom is 0.252 e. The molecule has 0 saturated heterocycles. The lowest BCUT2D eigenvalue weighted by Gasteiger charge is -2.32. The lowest BCUT2D eigenvalue weighted by Crippen LogP contribution is -2.35. The summed E-state index contributed by atoms with van der Waals surface area (Å²) in [6.45, 7) is 9.38. The Bertz CT molecular complexity index is 1370. The average Bonchev–Trinajstić information content (AvgIpc) is 3.35. The van der Waals surface area contributed by atoms with Crippen molar-refractivity contribution in [2.75, 3.05) is 14.2 Å². The molecule has 0 aliphatic carbocycles. The topological polar surface area (TPSA) is 98.2 Å². The van der Waals surface area contributed by atoms with Crippen molar-refractivity contribution in [3.63, 3.8) is 0 Å². The minimum atomic E-state index is -0.283. The van der Waals surface area contributed by atoms with Gasteiger partial charge < -0.3 is 14.5 Å². The van der Waals surface area contributed by atoms with E-state index >= 15 is 0 Å². The van der Waals surface area contributed by atoms with Crippen LogP contribution >= 0.6 is 0 Å². The number of ether oxygens (including phenoxy) is 2. The second-order valence-electron chi connectivity index (χ2n) is 9.87. The maximum atomic E-state index is 13.1. The summed E-state index contributed by atoms with van der Waals surface area (Å²) < 4.78 is 12.6. The highest BCUT2D eigenvalue weighted by Crippen LogP contribution is 2.29. The van der Waals surface area contributed by atoms with Crippen LogP contribution in [0.25, 0.3) is 10.9 Å². The SMILES string of the molecule is CCC(c1nnnn1C(C)(C)C)N(Cc1ccc(OC)cc1)Cc1cc2cc(OC)ccc2[nH]c1=O. The fourth-order valence-electron chi connectivity index (χ4n) is 4.42. The Morgan fingerprint density at radius 3 is 2.33 bits per heavy atom. The number of rotatable bonds is 9. The summed E-state index contributed by atoms with van der Waals surface area (Å²) in [4.78, 5) is 18.4. The van der Waals surface area contributed by atoms with E-state index in [4.69, 9.17) is 9.47 Å². The molecule has 1 unspecified atom stereocenters. The molecule has 0 saturated carbocycles. The van der Waals surface area contributed by atoms with Gasteiger partial charge in [0.25, 0.3) is 5.56 Å². The van der Waals surface area contributed by atoms with Crippen LogP contribution in [0.3, 0.4) is 0 Å². The van der Waals surface area contributed by atoms with Crippen molar-refractivity contribution < 1.29 is 9.47 Å². The summed E-state index contributed by atoms with van der Waals surface area (Å²) in [5.41, 5.74) is 2.14. The van der Waals surface area contributed by atoms with Crippen molar-refractivity contribution >= 4 is 10.9 Å². The van der Waals surface area contributed by atoms with Crippen LogP contribution in [0.4, 0.5) is 0 Å². The number of hydrogen-bond donors (Lipinski definition) is 1. The Morgan fingerprint density at radius 2 is 1.69 bits per heavy atom. The van der Waals surface area contributed by atoms with Gasteiger partial charge in [-0.3, -0.25) is 9.69 Å². The molecule has 190 valence electrons. The molecule has 2 aromatic carbocycles. The van der Waals surface area contributed by atoms with Crippen LogP contribution < -0.4 is 15.0 Å². The van der Waals surface area contributed by atoms with E-state index in [0.29, 0.717) is 18.7 Å². The second-order valence-corrected chi connectivity index (χ2v) is 9.87. The Morgan fingerprint density at radius 1 is 1.00 bits per heavy atom. The molecule has 0 spiro atoms. The molecule has 9 heteroatoms. The van der Waals surface area contributed by atoms with Crippen LogP contribution in [-0.2, 0) is 18.6 Å². The zero-order chi connectivity index (χ0) is 25.9. The normalized spacial score (nSPS) is 12.8. The minimum Gasteiger partial charge on any atom is -0.497 e. The Hall–Kier alpha value is -3.72. The van der Waals surface area contributed by atoms with Crippen LogP contribution in [0.15, 0.2) is 53.3 Å². The van der Waals surface area contributed by atoms with E-state index < -0.39 is 0 Å². The minimum absolute atomic E-state index is 0.110. The van der Waals surface area contributed by atoms with E-state index in [9.17, 15) is 4.79 Å². The van der Waals surface area contributed by atoms with Gasteiger partial charge in [0, 0.05) is 29.6 Å². The van der Waals surface area contributed by atoms with Crippen molar-refractivity contribution in [2.24, 2.45) is 0 Å². The van der Waals surface area contributed by atoms with Gasteiger partial charge >= 0.3 is 0 Å². The van der Waals surface area contributed by atoms with Gasteiger partial charge in [0.05, 0.1) is 25.8 Å². The third-order valence-electron chi connectivity index (χ3n) is 6.30. The first-order chi connectivity index (χ1) is 17.2. The third-order valence-corrected chi connectivity index (χ3v) is 6.30. The third kappa shape index (κ3) is 5.41. The van der Waals surface area contributed by atoms with Crippen molar-refractivity contribution in [3.8, 4) is 11.5 Å². The number of aromatic amines is 1. The fourth-order valence-corrected chi connectivity index (χ4v) is 4.42. The fraction of sp³-hybridized carbons (Fsp3) is 0.407. The van der Waals surface area contributed by atoms with Gasteiger partial charge in [-0.05, 0) is 79.6 Å². The Balaban J connectivity index is 1.76. The number of nitrogens with zero attached hydrogens (tertiary/aromatic N) is 5. The molecule has 0 fully saturated rings. The number of pyridine rings is 1. The number of aromatic nitrogens is 5. The lowest BCUT2D eigenvalue weighted by atomic mass is 10.0. The highest BCUT2D eigenvalue weighted by Gasteiger charge is 2.29. The lowest BCUT2D eigenvalue weighted by molar-refractivity contribution is 0.153. The molecular weight excluding hydrogens is 456 g/mol. The van der Waals surface area contributed by atoms with Crippen LogP contribution in [0, 0.1) is 0 Å². The average molecular weight is 491 g/mol. The van der Waals surface area contributed by atoms with E-state index in [1.165, 1.54) is 0 Å². The summed E-state index contributed by atoms with van der Waals surface area (Å²) in [5, 5.41) is 13.6. The number of tetrazole rings is 1. The first-order valence-electron chi connectivity index (χ1n) is 12.1. The van der Waals surface area contributed by atoms with Crippen molar-refractivity contribution in [2.45, 2.75) is 58.8 Å². The Kier molecular flexibility index (Phi) is 7.40. The highest BCUT2D eigenvalue weighted by molar-refractivity contribution is 5.80. The molecule has 4 rings (SSSR count). The standard InChI is InChI=1S/C27H34N6O3/c1-7-24(25-29-30-31-33(25)27(2,3)4)32(16-18-8-10-21(35-5)11-9-18)17-20-14-19-15-22(36-6)12-13-23(19)28-26(20)34/h8-15,24H,7,16-17H2,1-6H3,(H,28,34). The van der Waals surface area contributed by atoms with Crippen LogP contribution in [0.2, 0.25) is 0 Å². The Labute approximate surface area is 211 Å².